The van der Waals surface area contributed by atoms with E-state index >= 15 is 0 Å². The lowest BCUT2D eigenvalue weighted by Gasteiger charge is -2.06. The number of carbonyl (C=O) groups excluding carboxylic acids is 1. The SMILES string of the molecule is CCOC(=O)c1cc(S)cc(I)c1C#N. The number of esters is 1. The normalized spacial score (nSPS) is 9.47. The number of nitrogens with zero attached hydrogens (tertiary/aromatic N) is 1. The number of hydrogen-bond donors (Lipinski definition) is 1. The minimum Gasteiger partial charge on any atom is -0.462 e. The minimum absolute atomic E-state index is 0.274. The smallest absolute Gasteiger partial charge is 0.339 e. The van der Waals surface area contributed by atoms with Crippen LogP contribution < -0.4 is 0 Å². The highest BCUT2D eigenvalue weighted by atomic mass is 127. The maximum Gasteiger partial charge on any atom is 0.339 e. The van der Waals surface area contributed by atoms with Gasteiger partial charge >= 0.3 is 5.97 Å². The largest absolute Gasteiger partial charge is 0.462 e. The number of ether oxygens (including phenoxy) is 1. The van der Waals surface area contributed by atoms with Crippen molar-refractivity contribution < 1.29 is 9.53 Å². The van der Waals surface area contributed by atoms with E-state index in [1.165, 1.54) is 0 Å². The van der Waals surface area contributed by atoms with Gasteiger partial charge in [0.15, 0.2) is 0 Å². The molecule has 1 rings (SSSR count). The van der Waals surface area contributed by atoms with Gasteiger partial charge in [0, 0.05) is 8.47 Å². The van der Waals surface area contributed by atoms with Crippen LogP contribution in [0, 0.1) is 14.9 Å². The first kappa shape index (κ1) is 12.3. The molecule has 0 spiro atoms. The Labute approximate surface area is 107 Å². The Kier molecular flexibility index (Phi) is 4.42. The molecule has 0 aliphatic heterocycles. The van der Waals surface area contributed by atoms with Crippen molar-refractivity contribution in [3.8, 4) is 6.07 Å². The van der Waals surface area contributed by atoms with E-state index in [0.717, 1.165) is 0 Å². The number of nitriles is 1. The lowest BCUT2D eigenvalue weighted by Crippen LogP contribution is -2.08. The minimum atomic E-state index is -0.483. The van der Waals surface area contributed by atoms with E-state index < -0.39 is 5.97 Å². The number of benzene rings is 1. The second kappa shape index (κ2) is 5.37. The number of carbonyl (C=O) groups is 1. The summed E-state index contributed by atoms with van der Waals surface area (Å²) in [6.07, 6.45) is 0. The van der Waals surface area contributed by atoms with Gasteiger partial charge in [0.1, 0.15) is 6.07 Å². The molecule has 1 aromatic rings. The molecule has 0 fully saturated rings. The maximum atomic E-state index is 11.5. The van der Waals surface area contributed by atoms with E-state index in [4.69, 9.17) is 10.00 Å². The zero-order valence-corrected chi connectivity index (χ0v) is 11.0. The van der Waals surface area contributed by atoms with Gasteiger partial charge in [0.25, 0.3) is 0 Å². The van der Waals surface area contributed by atoms with Gasteiger partial charge in [-0.1, -0.05) is 0 Å². The van der Waals surface area contributed by atoms with E-state index in [-0.39, 0.29) is 12.2 Å². The van der Waals surface area contributed by atoms with Crippen molar-refractivity contribution in [1.29, 1.82) is 5.26 Å². The molecule has 1 aromatic carbocycles. The number of rotatable bonds is 2. The Hall–Kier alpha value is -0.740. The number of halogens is 1. The second-order valence-corrected chi connectivity index (χ2v) is 4.36. The monoisotopic (exact) mass is 333 g/mol. The predicted molar refractivity (Wildman–Crippen MR) is 67.1 cm³/mol. The summed E-state index contributed by atoms with van der Waals surface area (Å²) in [4.78, 5) is 12.2. The van der Waals surface area contributed by atoms with Gasteiger partial charge in [0.2, 0.25) is 0 Å². The first-order chi connectivity index (χ1) is 7.10. The average molecular weight is 333 g/mol. The molecule has 0 atom stereocenters. The fraction of sp³-hybridized carbons (Fsp3) is 0.200. The van der Waals surface area contributed by atoms with E-state index in [9.17, 15) is 4.79 Å². The molecule has 78 valence electrons. The molecule has 0 saturated heterocycles. The van der Waals surface area contributed by atoms with Crippen LogP contribution in [0.25, 0.3) is 0 Å². The van der Waals surface area contributed by atoms with Crippen LogP contribution in [-0.4, -0.2) is 12.6 Å². The lowest BCUT2D eigenvalue weighted by atomic mass is 10.1. The molecule has 0 aliphatic rings. The van der Waals surface area contributed by atoms with E-state index in [1.54, 1.807) is 19.1 Å². The Balaban J connectivity index is 3.28. The van der Waals surface area contributed by atoms with Gasteiger partial charge < -0.3 is 4.74 Å². The zero-order valence-electron chi connectivity index (χ0n) is 7.95. The third-order valence-electron chi connectivity index (χ3n) is 1.68. The zero-order chi connectivity index (χ0) is 11.4. The summed E-state index contributed by atoms with van der Waals surface area (Å²) >= 11 is 6.14. The molecule has 0 N–H and O–H groups in total. The molecule has 0 aliphatic carbocycles. The number of hydrogen-bond acceptors (Lipinski definition) is 4. The molecule has 0 saturated carbocycles. The van der Waals surface area contributed by atoms with E-state index in [0.29, 0.717) is 14.0 Å². The molecule has 15 heavy (non-hydrogen) atoms. The van der Waals surface area contributed by atoms with Crippen LogP contribution in [0.3, 0.4) is 0 Å². The van der Waals surface area contributed by atoms with Gasteiger partial charge in [-0.3, -0.25) is 0 Å². The highest BCUT2D eigenvalue weighted by Gasteiger charge is 2.15. The third-order valence-corrected chi connectivity index (χ3v) is 2.79. The lowest BCUT2D eigenvalue weighted by molar-refractivity contribution is 0.0525. The van der Waals surface area contributed by atoms with Crippen molar-refractivity contribution in [3.05, 3.63) is 26.8 Å². The first-order valence-electron chi connectivity index (χ1n) is 4.19. The summed E-state index contributed by atoms with van der Waals surface area (Å²) < 4.78 is 5.55. The van der Waals surface area contributed by atoms with Crippen LogP contribution in [0.5, 0.6) is 0 Å². The quantitative estimate of drug-likeness (QED) is 0.514. The predicted octanol–water partition coefficient (Wildman–Crippen LogP) is 2.63. The Morgan fingerprint density at radius 1 is 1.67 bits per heavy atom. The van der Waals surface area contributed by atoms with Crippen LogP contribution in [0.2, 0.25) is 0 Å². The summed E-state index contributed by atoms with van der Waals surface area (Å²) in [6, 6.07) is 5.26. The second-order valence-electron chi connectivity index (χ2n) is 2.68. The highest BCUT2D eigenvalue weighted by molar-refractivity contribution is 14.1. The van der Waals surface area contributed by atoms with Crippen molar-refractivity contribution >= 4 is 41.2 Å². The van der Waals surface area contributed by atoms with Crippen molar-refractivity contribution in [3.63, 3.8) is 0 Å². The van der Waals surface area contributed by atoms with Gasteiger partial charge in [-0.05, 0) is 41.6 Å². The molecule has 0 bridgehead atoms. The fourth-order valence-electron chi connectivity index (χ4n) is 1.08. The highest BCUT2D eigenvalue weighted by Crippen LogP contribution is 2.21. The van der Waals surface area contributed by atoms with Gasteiger partial charge in [-0.15, -0.1) is 12.6 Å². The van der Waals surface area contributed by atoms with Gasteiger partial charge in [0.05, 0.1) is 17.7 Å². The van der Waals surface area contributed by atoms with Crippen LogP contribution in [0.15, 0.2) is 17.0 Å². The molecule has 3 nitrogen and oxygen atoms in total. The van der Waals surface area contributed by atoms with E-state index in [1.807, 2.05) is 28.7 Å². The summed E-state index contributed by atoms with van der Waals surface area (Å²) in [5.41, 5.74) is 0.614. The van der Waals surface area contributed by atoms with Crippen LogP contribution in [-0.2, 0) is 4.74 Å². The molecule has 5 heteroatoms. The third kappa shape index (κ3) is 2.86. The Bertz CT molecular complexity index is 440. The van der Waals surface area contributed by atoms with Crippen LogP contribution in [0.4, 0.5) is 0 Å². The molecule has 0 radical (unpaired) electrons. The van der Waals surface area contributed by atoms with Crippen molar-refractivity contribution in [2.75, 3.05) is 6.61 Å². The molecule has 0 unspecified atom stereocenters. The average Bonchev–Trinajstić information content (AvgIpc) is 2.17. The molecular weight excluding hydrogens is 325 g/mol. The van der Waals surface area contributed by atoms with Crippen LogP contribution in [0.1, 0.15) is 22.8 Å². The fourth-order valence-corrected chi connectivity index (χ4v) is 2.33. The van der Waals surface area contributed by atoms with Gasteiger partial charge in [-0.25, -0.2) is 4.79 Å². The molecule has 0 amide bonds. The molecule has 0 aromatic heterocycles. The topological polar surface area (TPSA) is 50.1 Å². The standard InChI is InChI=1S/C10H8INO2S/c1-2-14-10(13)7-3-6(15)4-9(11)8(7)5-12/h3-4,15H,2H2,1H3. The van der Waals surface area contributed by atoms with Crippen molar-refractivity contribution in [2.45, 2.75) is 11.8 Å². The van der Waals surface area contributed by atoms with E-state index in [2.05, 4.69) is 12.6 Å². The van der Waals surface area contributed by atoms with Gasteiger partial charge in [-0.2, -0.15) is 5.26 Å². The number of thiol groups is 1. The maximum absolute atomic E-state index is 11.5. The summed E-state index contributed by atoms with van der Waals surface area (Å²) in [7, 11) is 0. The Morgan fingerprint density at radius 2 is 2.33 bits per heavy atom. The first-order valence-corrected chi connectivity index (χ1v) is 5.72. The summed E-state index contributed by atoms with van der Waals surface area (Å²) in [5, 5.41) is 8.92. The van der Waals surface area contributed by atoms with Crippen molar-refractivity contribution in [2.24, 2.45) is 0 Å². The van der Waals surface area contributed by atoms with Crippen LogP contribution >= 0.6 is 35.2 Å². The van der Waals surface area contributed by atoms with Crippen molar-refractivity contribution in [1.82, 2.24) is 0 Å². The summed E-state index contributed by atoms with van der Waals surface area (Å²) in [5.74, 6) is -0.483. The Morgan fingerprint density at radius 3 is 2.87 bits per heavy atom. The molecular formula is C10H8INO2S. The molecule has 0 heterocycles. The summed E-state index contributed by atoms with van der Waals surface area (Å²) in [6.45, 7) is 2.01.